The van der Waals surface area contributed by atoms with Gasteiger partial charge in [-0.25, -0.2) is 0 Å². The van der Waals surface area contributed by atoms with Crippen molar-refractivity contribution in [1.29, 1.82) is 5.26 Å². The van der Waals surface area contributed by atoms with Crippen LogP contribution in [0, 0.1) is 11.3 Å². The number of ether oxygens (including phenoxy) is 2. The zero-order chi connectivity index (χ0) is 13.6. The van der Waals surface area contributed by atoms with E-state index in [4.69, 9.17) is 14.7 Å². The van der Waals surface area contributed by atoms with Gasteiger partial charge in [0, 0.05) is 18.4 Å². The van der Waals surface area contributed by atoms with E-state index in [-0.39, 0.29) is 5.60 Å². The highest BCUT2D eigenvalue weighted by molar-refractivity contribution is 7.98. The van der Waals surface area contributed by atoms with Crippen molar-refractivity contribution in [3.8, 4) is 11.8 Å². The van der Waals surface area contributed by atoms with Crippen molar-refractivity contribution in [1.82, 2.24) is 0 Å². The minimum atomic E-state index is -0.204. The number of nitrogens with zero attached hydrogens (tertiary/aromatic N) is 1. The van der Waals surface area contributed by atoms with Crippen molar-refractivity contribution in [2.75, 3.05) is 20.0 Å². The van der Waals surface area contributed by atoms with Crippen molar-refractivity contribution in [3.05, 3.63) is 23.8 Å². The molecule has 0 aliphatic heterocycles. The lowest BCUT2D eigenvalue weighted by atomic mass is 10.1. The minimum absolute atomic E-state index is 0.204. The fraction of sp³-hybridized carbons (Fsp3) is 0.500. The van der Waals surface area contributed by atoms with Crippen LogP contribution in [0.1, 0.15) is 25.8 Å². The molecule has 0 saturated heterocycles. The van der Waals surface area contributed by atoms with Crippen LogP contribution in [0.5, 0.6) is 5.75 Å². The number of rotatable bonds is 6. The molecule has 4 heteroatoms. The second-order valence-corrected chi connectivity index (χ2v) is 5.36. The van der Waals surface area contributed by atoms with E-state index < -0.39 is 0 Å². The highest BCUT2D eigenvalue weighted by Crippen LogP contribution is 2.28. The lowest BCUT2D eigenvalue weighted by Gasteiger charge is -2.22. The largest absolute Gasteiger partial charge is 0.492 e. The van der Waals surface area contributed by atoms with E-state index in [9.17, 15) is 0 Å². The van der Waals surface area contributed by atoms with Crippen LogP contribution >= 0.6 is 11.8 Å². The first-order chi connectivity index (χ1) is 8.54. The van der Waals surface area contributed by atoms with Crippen molar-refractivity contribution in [2.24, 2.45) is 0 Å². The smallest absolute Gasteiger partial charge is 0.138 e. The third-order valence-electron chi connectivity index (χ3n) is 2.83. The number of hydrogen-bond acceptors (Lipinski definition) is 4. The Balaban J connectivity index is 2.71. The van der Waals surface area contributed by atoms with Crippen LogP contribution in [-0.2, 0) is 4.74 Å². The fourth-order valence-electron chi connectivity index (χ4n) is 1.42. The summed E-state index contributed by atoms with van der Waals surface area (Å²) in [5, 5.41) is 9.17. The molecular weight excluding hydrogens is 246 g/mol. The summed E-state index contributed by atoms with van der Waals surface area (Å²) >= 11 is 1.55. The molecule has 0 spiro atoms. The molecule has 0 saturated carbocycles. The predicted octanol–water partition coefficient (Wildman–Crippen LogP) is 3.47. The molecule has 0 aromatic heterocycles. The van der Waals surface area contributed by atoms with Gasteiger partial charge in [0.15, 0.2) is 0 Å². The average Bonchev–Trinajstić information content (AvgIpc) is 2.38. The molecule has 1 rings (SSSR count). The maximum Gasteiger partial charge on any atom is 0.138 e. The van der Waals surface area contributed by atoms with Gasteiger partial charge in [0.25, 0.3) is 0 Å². The Morgan fingerprint density at radius 2 is 2.11 bits per heavy atom. The highest BCUT2D eigenvalue weighted by atomic mass is 32.2. The number of thioether (sulfide) groups is 1. The maximum absolute atomic E-state index is 9.17. The molecule has 0 atom stereocenters. The van der Waals surface area contributed by atoms with Crippen LogP contribution in [0.25, 0.3) is 0 Å². The molecule has 1 aromatic rings. The van der Waals surface area contributed by atoms with Gasteiger partial charge in [-0.15, -0.1) is 11.8 Å². The Hall–Kier alpha value is -1.18. The van der Waals surface area contributed by atoms with Gasteiger partial charge < -0.3 is 9.47 Å². The Labute approximate surface area is 113 Å². The normalized spacial score (nSPS) is 11.1. The van der Waals surface area contributed by atoms with Gasteiger partial charge in [0.1, 0.15) is 17.4 Å². The molecule has 98 valence electrons. The summed E-state index contributed by atoms with van der Waals surface area (Å²) < 4.78 is 11.0. The second kappa shape index (κ2) is 6.67. The quantitative estimate of drug-likeness (QED) is 0.739. The lowest BCUT2D eigenvalue weighted by Crippen LogP contribution is -2.25. The molecule has 0 aliphatic rings. The molecule has 0 heterocycles. The van der Waals surface area contributed by atoms with E-state index in [0.29, 0.717) is 17.9 Å². The third kappa shape index (κ3) is 3.94. The summed E-state index contributed by atoms with van der Waals surface area (Å²) in [6.07, 6.45) is 2.73. The number of hydrogen-bond donors (Lipinski definition) is 0. The van der Waals surface area contributed by atoms with Gasteiger partial charge in [0.2, 0.25) is 0 Å². The van der Waals surface area contributed by atoms with Crippen LogP contribution in [0.2, 0.25) is 0 Å². The molecule has 0 N–H and O–H groups in total. The van der Waals surface area contributed by atoms with Gasteiger partial charge in [-0.2, -0.15) is 5.26 Å². The van der Waals surface area contributed by atoms with E-state index in [1.54, 1.807) is 18.9 Å². The van der Waals surface area contributed by atoms with Gasteiger partial charge in [0.05, 0.1) is 12.2 Å². The molecule has 0 radical (unpaired) electrons. The summed E-state index contributed by atoms with van der Waals surface area (Å²) in [5.41, 5.74) is 0.407. The Kier molecular flexibility index (Phi) is 5.52. The summed E-state index contributed by atoms with van der Waals surface area (Å²) in [5.74, 6) is 0.649. The van der Waals surface area contributed by atoms with Crippen molar-refractivity contribution >= 4 is 11.8 Å². The van der Waals surface area contributed by atoms with E-state index in [2.05, 4.69) is 6.07 Å². The summed E-state index contributed by atoms with van der Waals surface area (Å²) in [6, 6.07) is 7.86. The van der Waals surface area contributed by atoms with Crippen molar-refractivity contribution in [3.63, 3.8) is 0 Å². The topological polar surface area (TPSA) is 42.2 Å². The number of nitriles is 1. The average molecular weight is 265 g/mol. The van der Waals surface area contributed by atoms with E-state index in [1.165, 1.54) is 0 Å². The van der Waals surface area contributed by atoms with Crippen molar-refractivity contribution < 1.29 is 9.47 Å². The minimum Gasteiger partial charge on any atom is -0.492 e. The SMILES string of the molecule is COC(C)(C)CCOc1cccc(SC)c1C#N. The zero-order valence-corrected chi connectivity index (χ0v) is 12.1. The van der Waals surface area contributed by atoms with E-state index >= 15 is 0 Å². The summed E-state index contributed by atoms with van der Waals surface area (Å²) in [6.45, 7) is 4.56. The van der Waals surface area contributed by atoms with Gasteiger partial charge in [-0.05, 0) is 32.2 Å². The van der Waals surface area contributed by atoms with E-state index in [1.807, 2.05) is 38.3 Å². The molecule has 0 aliphatic carbocycles. The van der Waals surface area contributed by atoms with Crippen LogP contribution < -0.4 is 4.74 Å². The van der Waals surface area contributed by atoms with Crippen LogP contribution in [0.3, 0.4) is 0 Å². The Morgan fingerprint density at radius 3 is 2.67 bits per heavy atom. The highest BCUT2D eigenvalue weighted by Gasteiger charge is 2.17. The zero-order valence-electron chi connectivity index (χ0n) is 11.3. The monoisotopic (exact) mass is 265 g/mol. The molecule has 18 heavy (non-hydrogen) atoms. The molecule has 1 aromatic carbocycles. The van der Waals surface area contributed by atoms with Gasteiger partial charge >= 0.3 is 0 Å². The first-order valence-electron chi connectivity index (χ1n) is 5.79. The fourth-order valence-corrected chi connectivity index (χ4v) is 1.99. The van der Waals surface area contributed by atoms with Crippen LogP contribution in [-0.4, -0.2) is 25.6 Å². The van der Waals surface area contributed by atoms with Crippen molar-refractivity contribution in [2.45, 2.75) is 30.8 Å². The van der Waals surface area contributed by atoms with Gasteiger partial charge in [-0.1, -0.05) is 6.07 Å². The molecular formula is C14H19NO2S. The van der Waals surface area contributed by atoms with Crippen LogP contribution in [0.4, 0.5) is 0 Å². The predicted molar refractivity (Wildman–Crippen MR) is 74.1 cm³/mol. The number of benzene rings is 1. The standard InChI is InChI=1S/C14H19NO2S/c1-14(2,16-3)8-9-17-12-6-5-7-13(18-4)11(12)10-15/h5-7H,8-9H2,1-4H3. The second-order valence-electron chi connectivity index (χ2n) is 4.51. The Morgan fingerprint density at radius 1 is 1.39 bits per heavy atom. The first kappa shape index (κ1) is 14.9. The molecule has 0 amide bonds. The Bertz CT molecular complexity index is 438. The van der Waals surface area contributed by atoms with E-state index in [0.717, 1.165) is 11.3 Å². The van der Waals surface area contributed by atoms with Crippen LogP contribution in [0.15, 0.2) is 23.1 Å². The van der Waals surface area contributed by atoms with Gasteiger partial charge in [-0.3, -0.25) is 0 Å². The number of methoxy groups -OCH3 is 1. The molecule has 0 bridgehead atoms. The molecule has 0 unspecified atom stereocenters. The summed E-state index contributed by atoms with van der Waals surface area (Å²) in [4.78, 5) is 0.945. The molecule has 0 fully saturated rings. The first-order valence-corrected chi connectivity index (χ1v) is 7.01. The lowest BCUT2D eigenvalue weighted by molar-refractivity contribution is 0.00541. The summed E-state index contributed by atoms with van der Waals surface area (Å²) in [7, 11) is 1.69. The third-order valence-corrected chi connectivity index (χ3v) is 3.61. The maximum atomic E-state index is 9.17. The molecule has 3 nitrogen and oxygen atoms in total.